The predicted octanol–water partition coefficient (Wildman–Crippen LogP) is 0.554. The number of hydrogen-bond donors (Lipinski definition) is 1. The van der Waals surface area contributed by atoms with Gasteiger partial charge in [0.2, 0.25) is 5.91 Å². The third-order valence-electron chi connectivity index (χ3n) is 3.00. The number of carbonyl (C=O) groups is 1. The molecule has 4 nitrogen and oxygen atoms in total. The van der Waals surface area contributed by atoms with E-state index in [9.17, 15) is 9.18 Å². The summed E-state index contributed by atoms with van der Waals surface area (Å²) in [7, 11) is 0. The van der Waals surface area contributed by atoms with Gasteiger partial charge >= 0.3 is 0 Å². The Kier molecular flexibility index (Phi) is 4.28. The summed E-state index contributed by atoms with van der Waals surface area (Å²) in [5.74, 6) is -0.329. The molecule has 1 aromatic rings. The summed E-state index contributed by atoms with van der Waals surface area (Å²) in [6, 6.07) is 6.12. The summed E-state index contributed by atoms with van der Waals surface area (Å²) in [6.07, 6.45) is 0.130. The summed E-state index contributed by atoms with van der Waals surface area (Å²) in [6.45, 7) is 2.01. The molecule has 0 radical (unpaired) electrons. The highest BCUT2D eigenvalue weighted by molar-refractivity contribution is 5.78. The van der Waals surface area contributed by atoms with E-state index in [1.54, 1.807) is 17.0 Å². The van der Waals surface area contributed by atoms with Crippen LogP contribution in [0.2, 0.25) is 0 Å². The maximum absolute atomic E-state index is 13.0. The van der Waals surface area contributed by atoms with Crippen LogP contribution in [0.15, 0.2) is 24.3 Å². The van der Waals surface area contributed by atoms with Crippen molar-refractivity contribution < 1.29 is 13.9 Å². The number of benzene rings is 1. The van der Waals surface area contributed by atoms with Gasteiger partial charge in [-0.25, -0.2) is 4.39 Å². The van der Waals surface area contributed by atoms with Gasteiger partial charge in [-0.3, -0.25) is 4.79 Å². The van der Waals surface area contributed by atoms with Crippen LogP contribution < -0.4 is 5.73 Å². The topological polar surface area (TPSA) is 55.6 Å². The Hall–Kier alpha value is -1.46. The fourth-order valence-electron chi connectivity index (χ4n) is 2.02. The highest BCUT2D eigenvalue weighted by Crippen LogP contribution is 2.09. The highest BCUT2D eigenvalue weighted by atomic mass is 19.1. The molecule has 1 aliphatic rings. The molecule has 2 rings (SSSR count). The van der Waals surface area contributed by atoms with Crippen molar-refractivity contribution in [1.29, 1.82) is 0 Å². The molecule has 18 heavy (non-hydrogen) atoms. The second kappa shape index (κ2) is 5.93. The smallest absolute Gasteiger partial charge is 0.227 e. The summed E-state index contributed by atoms with van der Waals surface area (Å²) < 4.78 is 18.4. The molecule has 1 aromatic carbocycles. The average Bonchev–Trinajstić information content (AvgIpc) is 2.39. The van der Waals surface area contributed by atoms with E-state index in [-0.39, 0.29) is 24.2 Å². The molecule has 0 aromatic heterocycles. The summed E-state index contributed by atoms with van der Waals surface area (Å²) in [5, 5.41) is 0. The lowest BCUT2D eigenvalue weighted by atomic mass is 10.1. The van der Waals surface area contributed by atoms with E-state index in [0.29, 0.717) is 31.8 Å². The first-order valence-corrected chi connectivity index (χ1v) is 6.03. The van der Waals surface area contributed by atoms with E-state index in [2.05, 4.69) is 0 Å². The molecule has 1 atom stereocenters. The van der Waals surface area contributed by atoms with Crippen LogP contribution >= 0.6 is 0 Å². The second-order valence-corrected chi connectivity index (χ2v) is 4.37. The van der Waals surface area contributed by atoms with Gasteiger partial charge in [-0.15, -0.1) is 0 Å². The molecule has 1 fully saturated rings. The Balaban J connectivity index is 1.95. The first-order chi connectivity index (χ1) is 8.69. The minimum absolute atomic E-state index is 0.0117. The van der Waals surface area contributed by atoms with Crippen LogP contribution in [0.5, 0.6) is 0 Å². The SMILES string of the molecule is NC[C@H]1CN(C(=O)Cc2cccc(F)c2)CCO1. The van der Waals surface area contributed by atoms with Gasteiger partial charge < -0.3 is 15.4 Å². The van der Waals surface area contributed by atoms with Crippen LogP contribution in [0.4, 0.5) is 4.39 Å². The lowest BCUT2D eigenvalue weighted by Crippen LogP contribution is -2.48. The van der Waals surface area contributed by atoms with Crippen LogP contribution in [-0.4, -0.2) is 43.2 Å². The number of morpholine rings is 1. The molecule has 1 heterocycles. The molecule has 0 saturated carbocycles. The molecule has 0 spiro atoms. The number of nitrogens with zero attached hydrogens (tertiary/aromatic N) is 1. The van der Waals surface area contributed by atoms with Gasteiger partial charge in [-0.05, 0) is 17.7 Å². The van der Waals surface area contributed by atoms with E-state index in [1.807, 2.05) is 0 Å². The first kappa shape index (κ1) is 13.0. The number of ether oxygens (including phenoxy) is 1. The first-order valence-electron chi connectivity index (χ1n) is 6.03. The Morgan fingerprint density at radius 2 is 2.39 bits per heavy atom. The fourth-order valence-corrected chi connectivity index (χ4v) is 2.02. The number of carbonyl (C=O) groups excluding carboxylic acids is 1. The van der Waals surface area contributed by atoms with Crippen molar-refractivity contribution in [3.05, 3.63) is 35.6 Å². The molecule has 0 aliphatic carbocycles. The lowest BCUT2D eigenvalue weighted by molar-refractivity contribution is -0.137. The average molecular weight is 252 g/mol. The maximum atomic E-state index is 13.0. The van der Waals surface area contributed by atoms with Crippen LogP contribution in [-0.2, 0) is 16.0 Å². The van der Waals surface area contributed by atoms with E-state index in [0.717, 1.165) is 0 Å². The van der Waals surface area contributed by atoms with Crippen molar-refractivity contribution in [3.8, 4) is 0 Å². The number of nitrogens with two attached hydrogens (primary N) is 1. The summed E-state index contributed by atoms with van der Waals surface area (Å²) in [4.78, 5) is 13.8. The van der Waals surface area contributed by atoms with E-state index in [4.69, 9.17) is 10.5 Å². The Morgan fingerprint density at radius 3 is 3.11 bits per heavy atom. The van der Waals surface area contributed by atoms with Gasteiger partial charge in [0.1, 0.15) is 5.82 Å². The second-order valence-electron chi connectivity index (χ2n) is 4.37. The van der Waals surface area contributed by atoms with E-state index >= 15 is 0 Å². The van der Waals surface area contributed by atoms with Crippen LogP contribution in [0, 0.1) is 5.82 Å². The summed E-state index contributed by atoms with van der Waals surface area (Å²) >= 11 is 0. The zero-order chi connectivity index (χ0) is 13.0. The minimum Gasteiger partial charge on any atom is -0.373 e. The summed E-state index contributed by atoms with van der Waals surface area (Å²) in [5.41, 5.74) is 6.22. The van der Waals surface area contributed by atoms with Gasteiger partial charge in [-0.2, -0.15) is 0 Å². The molecule has 1 saturated heterocycles. The normalized spacial score (nSPS) is 19.9. The van der Waals surface area contributed by atoms with Gasteiger partial charge in [0.25, 0.3) is 0 Å². The van der Waals surface area contributed by atoms with Crippen molar-refractivity contribution in [3.63, 3.8) is 0 Å². The van der Waals surface area contributed by atoms with Gasteiger partial charge in [0.15, 0.2) is 0 Å². The van der Waals surface area contributed by atoms with Gasteiger partial charge in [0, 0.05) is 19.6 Å². The molecule has 5 heteroatoms. The van der Waals surface area contributed by atoms with Crippen LogP contribution in [0.25, 0.3) is 0 Å². The van der Waals surface area contributed by atoms with E-state index < -0.39 is 0 Å². The third-order valence-corrected chi connectivity index (χ3v) is 3.00. The number of halogens is 1. The Labute approximate surface area is 106 Å². The molecular formula is C13H17FN2O2. The van der Waals surface area contributed by atoms with Crippen molar-refractivity contribution in [1.82, 2.24) is 4.90 Å². The molecule has 98 valence electrons. The molecule has 1 amide bonds. The van der Waals surface area contributed by atoms with Crippen molar-refractivity contribution in [2.45, 2.75) is 12.5 Å². The largest absolute Gasteiger partial charge is 0.373 e. The molecule has 0 bridgehead atoms. The monoisotopic (exact) mass is 252 g/mol. The number of amides is 1. The number of hydrogen-bond acceptors (Lipinski definition) is 3. The zero-order valence-electron chi connectivity index (χ0n) is 10.1. The Morgan fingerprint density at radius 1 is 1.56 bits per heavy atom. The molecule has 1 aliphatic heterocycles. The quantitative estimate of drug-likeness (QED) is 0.855. The molecular weight excluding hydrogens is 235 g/mol. The Bertz CT molecular complexity index is 425. The van der Waals surface area contributed by atoms with Crippen molar-refractivity contribution >= 4 is 5.91 Å². The molecule has 0 unspecified atom stereocenters. The predicted molar refractivity (Wildman–Crippen MR) is 65.5 cm³/mol. The van der Waals surface area contributed by atoms with E-state index in [1.165, 1.54) is 12.1 Å². The van der Waals surface area contributed by atoms with Crippen LogP contribution in [0.3, 0.4) is 0 Å². The lowest BCUT2D eigenvalue weighted by Gasteiger charge is -2.32. The minimum atomic E-state index is -0.317. The van der Waals surface area contributed by atoms with Gasteiger partial charge in [-0.1, -0.05) is 12.1 Å². The standard InChI is InChI=1S/C13H17FN2O2/c14-11-3-1-2-10(6-11)7-13(17)16-4-5-18-12(8-15)9-16/h1-3,6,12H,4-5,7-9,15H2/t12-/m0/s1. The zero-order valence-corrected chi connectivity index (χ0v) is 10.1. The van der Waals surface area contributed by atoms with Gasteiger partial charge in [0.05, 0.1) is 19.1 Å². The maximum Gasteiger partial charge on any atom is 0.227 e. The third kappa shape index (κ3) is 3.27. The fraction of sp³-hybridized carbons (Fsp3) is 0.462. The molecule has 2 N–H and O–H groups in total. The highest BCUT2D eigenvalue weighted by Gasteiger charge is 2.23. The van der Waals surface area contributed by atoms with Crippen molar-refractivity contribution in [2.75, 3.05) is 26.2 Å². The van der Waals surface area contributed by atoms with Crippen LogP contribution in [0.1, 0.15) is 5.56 Å². The van der Waals surface area contributed by atoms with Crippen molar-refractivity contribution in [2.24, 2.45) is 5.73 Å². The number of rotatable bonds is 3.